The Labute approximate surface area is 156 Å². The van der Waals surface area contributed by atoms with E-state index in [1.165, 1.54) is 0 Å². The molecule has 0 heterocycles. The minimum atomic E-state index is -2.59. The van der Waals surface area contributed by atoms with E-state index in [1.807, 2.05) is 54.6 Å². The van der Waals surface area contributed by atoms with E-state index in [9.17, 15) is 9.90 Å². The molecule has 0 aromatic heterocycles. The second kappa shape index (κ2) is 8.36. The molecule has 0 atom stereocenters. The first-order valence-electron chi connectivity index (χ1n) is 7.62. The molecule has 0 radical (unpaired) electrons. The normalized spacial score (nSPS) is 11.3. The Morgan fingerprint density at radius 2 is 0.958 bits per heavy atom. The summed E-state index contributed by atoms with van der Waals surface area (Å²) in [5, 5.41) is 13.0. The van der Waals surface area contributed by atoms with E-state index in [0.29, 0.717) is 0 Å². The average molecular weight is 429 g/mol. The number of rotatable bonds is 5. The van der Waals surface area contributed by atoms with Crippen molar-refractivity contribution in [2.24, 2.45) is 0 Å². The molecule has 1 N–H and O–H groups in total. The van der Waals surface area contributed by atoms with Crippen molar-refractivity contribution in [1.29, 1.82) is 0 Å². The van der Waals surface area contributed by atoms with Gasteiger partial charge in [0.15, 0.2) is 0 Å². The molecule has 0 bridgehead atoms. The number of benzene rings is 3. The molecule has 0 aliphatic heterocycles. The Hall–Kier alpha value is -1.78. The first kappa shape index (κ1) is 18.6. The number of hydrogen-bond donors (Lipinski definition) is 1. The van der Waals surface area contributed by atoms with Gasteiger partial charge in [-0.25, -0.2) is 0 Å². The van der Waals surface area contributed by atoms with Crippen LogP contribution in [0.4, 0.5) is 0 Å². The molecule has 0 saturated carbocycles. The van der Waals surface area contributed by atoms with Crippen LogP contribution in [0.25, 0.3) is 0 Å². The van der Waals surface area contributed by atoms with E-state index in [1.54, 1.807) is 0 Å². The van der Waals surface area contributed by atoms with Crippen LogP contribution in [-0.2, 0) is 25.2 Å². The largest absolute Gasteiger partial charge is 0 e. The summed E-state index contributed by atoms with van der Waals surface area (Å²) in [6, 6.07) is 30.2. The topological polar surface area (TPSA) is 37.3 Å². The molecule has 126 valence electrons. The van der Waals surface area contributed by atoms with Crippen LogP contribution in [0.1, 0.15) is 0 Å². The molecule has 3 aromatic carbocycles. The molecule has 0 unspecified atom stereocenters. The maximum absolute atomic E-state index is 11.8. The minimum absolute atomic E-state index is 0. The van der Waals surface area contributed by atoms with Gasteiger partial charge in [-0.2, -0.15) is 0 Å². The summed E-state index contributed by atoms with van der Waals surface area (Å²) >= 11 is 0. The molecule has 4 heteroatoms. The van der Waals surface area contributed by atoms with Crippen molar-refractivity contribution in [3.8, 4) is 0 Å². The van der Waals surface area contributed by atoms with Crippen LogP contribution < -0.4 is 15.9 Å². The molecular formula is C20H19O2PPd. The summed E-state index contributed by atoms with van der Waals surface area (Å²) in [5.74, 6) is -0.756. The van der Waals surface area contributed by atoms with Crippen molar-refractivity contribution in [1.82, 2.24) is 0 Å². The third kappa shape index (κ3) is 3.65. The summed E-state index contributed by atoms with van der Waals surface area (Å²) in [7, 11) is -2.59. The summed E-state index contributed by atoms with van der Waals surface area (Å²) in [6.07, 6.45) is 0.144. The van der Waals surface area contributed by atoms with E-state index in [0.717, 1.165) is 15.9 Å². The molecular weight excluding hydrogens is 410 g/mol. The number of carbonyl (C=O) groups is 1. The van der Waals surface area contributed by atoms with Crippen molar-refractivity contribution < 1.29 is 30.3 Å². The second-order valence-corrected chi connectivity index (χ2v) is 9.47. The van der Waals surface area contributed by atoms with Gasteiger partial charge in [-0.3, -0.25) is 0 Å². The molecule has 0 aliphatic rings. The Morgan fingerprint density at radius 1 is 0.667 bits per heavy atom. The summed E-state index contributed by atoms with van der Waals surface area (Å²) in [5.41, 5.74) is 0. The van der Waals surface area contributed by atoms with Crippen molar-refractivity contribution in [2.45, 2.75) is 0 Å². The summed E-state index contributed by atoms with van der Waals surface area (Å²) < 4.78 is 0. The van der Waals surface area contributed by atoms with E-state index in [4.69, 9.17) is 0 Å². The predicted octanol–water partition coefficient (Wildman–Crippen LogP) is 2.79. The van der Waals surface area contributed by atoms with Gasteiger partial charge in [-0.15, -0.1) is 0 Å². The number of hydrogen-bond acceptors (Lipinski definition) is 1. The summed E-state index contributed by atoms with van der Waals surface area (Å²) in [4.78, 5) is 11.8. The van der Waals surface area contributed by atoms with Crippen LogP contribution in [-0.4, -0.2) is 17.2 Å². The van der Waals surface area contributed by atoms with Gasteiger partial charge in [-0.05, 0) is 0 Å². The third-order valence-corrected chi connectivity index (χ3v) is 9.01. The zero-order valence-corrected chi connectivity index (χ0v) is 15.6. The zero-order valence-electron chi connectivity index (χ0n) is 13.0. The number of carboxylic acid groups (broad SMARTS) is 1. The van der Waals surface area contributed by atoms with Gasteiger partial charge in [0.1, 0.15) is 0 Å². The van der Waals surface area contributed by atoms with Crippen LogP contribution in [0, 0.1) is 0 Å². The van der Waals surface area contributed by atoms with Crippen LogP contribution in [0.3, 0.4) is 0 Å². The smallest absolute Gasteiger partial charge is 0 e. The third-order valence-electron chi connectivity index (χ3n) is 4.22. The molecule has 0 fully saturated rings. The van der Waals surface area contributed by atoms with Crippen molar-refractivity contribution in [2.75, 3.05) is 6.16 Å². The van der Waals surface area contributed by atoms with E-state index in [2.05, 4.69) is 36.4 Å². The number of aliphatic carboxylic acids is 1. The van der Waals surface area contributed by atoms with Crippen molar-refractivity contribution in [3.05, 3.63) is 91.0 Å². The second-order valence-electron chi connectivity index (χ2n) is 5.57. The maximum atomic E-state index is 11.8. The Morgan fingerprint density at radius 3 is 1.21 bits per heavy atom. The Bertz CT molecular complexity index is 680. The van der Waals surface area contributed by atoms with Crippen LogP contribution >= 0.6 is 7.26 Å². The van der Waals surface area contributed by atoms with Crippen LogP contribution in [0.5, 0.6) is 0 Å². The quantitative estimate of drug-likeness (QED) is 0.501. The van der Waals surface area contributed by atoms with E-state index >= 15 is 0 Å². The Balaban J connectivity index is 0.00000208. The van der Waals surface area contributed by atoms with Gasteiger partial charge < -0.3 is 0 Å². The predicted molar refractivity (Wildman–Crippen MR) is 99.0 cm³/mol. The fourth-order valence-corrected chi connectivity index (χ4v) is 7.55. The van der Waals surface area contributed by atoms with E-state index < -0.39 is 13.2 Å². The molecule has 3 rings (SSSR count). The minimum Gasteiger partial charge on any atom is 0 e. The standard InChI is InChI=1S/C20H19O2P.Pd/c21-20(22)16-23(17-10-4-1-5-11-17,18-12-6-2-7-13-18)19-14-8-3-9-15-19;/h1-15,23H,16H2,(H,21,22);. The maximum Gasteiger partial charge on any atom is 0 e. The van der Waals surface area contributed by atoms with Crippen LogP contribution in [0.2, 0.25) is 0 Å². The first-order valence-corrected chi connectivity index (χ1v) is 9.82. The monoisotopic (exact) mass is 428 g/mol. The SMILES string of the molecule is O=C(O)C[PH](c1ccccc1)(c1ccccc1)c1ccccc1.[Pd]. The molecule has 0 amide bonds. The van der Waals surface area contributed by atoms with Gasteiger partial charge in [0.25, 0.3) is 0 Å². The molecule has 3 aromatic rings. The molecule has 2 nitrogen and oxygen atoms in total. The van der Waals surface area contributed by atoms with Gasteiger partial charge in [0, 0.05) is 20.4 Å². The first-order chi connectivity index (χ1) is 11.2. The average Bonchev–Trinajstić information content (AvgIpc) is 2.62. The fourth-order valence-electron chi connectivity index (χ4n) is 3.20. The van der Waals surface area contributed by atoms with Gasteiger partial charge >= 0.3 is 136 Å². The Kier molecular flexibility index (Phi) is 6.46. The van der Waals surface area contributed by atoms with Crippen LogP contribution in [0.15, 0.2) is 91.0 Å². The number of carboxylic acids is 1. The fraction of sp³-hybridized carbons (Fsp3) is 0.0500. The molecule has 0 spiro atoms. The van der Waals surface area contributed by atoms with Gasteiger partial charge in [0.05, 0.1) is 0 Å². The van der Waals surface area contributed by atoms with E-state index in [-0.39, 0.29) is 26.6 Å². The molecule has 0 saturated heterocycles. The summed E-state index contributed by atoms with van der Waals surface area (Å²) in [6.45, 7) is 0. The molecule has 24 heavy (non-hydrogen) atoms. The van der Waals surface area contributed by atoms with Gasteiger partial charge in [0.2, 0.25) is 0 Å². The van der Waals surface area contributed by atoms with Crippen molar-refractivity contribution >= 4 is 29.1 Å². The molecule has 0 aliphatic carbocycles. The van der Waals surface area contributed by atoms with Crippen molar-refractivity contribution in [3.63, 3.8) is 0 Å². The zero-order chi connectivity index (χ0) is 16.1. The van der Waals surface area contributed by atoms with Gasteiger partial charge in [-0.1, -0.05) is 0 Å².